The Bertz CT molecular complexity index is 1370. The number of nitrogens with zero attached hydrogens (tertiary/aromatic N) is 3. The number of nitrogens with one attached hydrogen (secondary N) is 1. The molecule has 1 N–H and O–H groups in total. The van der Waals surface area contributed by atoms with Gasteiger partial charge in [0.1, 0.15) is 11.9 Å². The zero-order valence-electron chi connectivity index (χ0n) is 17.2. The number of halogens is 1. The third-order valence-corrected chi connectivity index (χ3v) is 5.07. The fraction of sp³-hybridized carbons (Fsp3) is 0.120. The second-order valence-corrected chi connectivity index (χ2v) is 7.08. The summed E-state index contributed by atoms with van der Waals surface area (Å²) in [5, 5.41) is 7.13. The van der Waals surface area contributed by atoms with Crippen molar-refractivity contribution in [2.75, 3.05) is 0 Å². The lowest BCUT2D eigenvalue weighted by molar-refractivity contribution is -0.121. The van der Waals surface area contributed by atoms with Crippen molar-refractivity contribution in [3.63, 3.8) is 0 Å². The fourth-order valence-electron chi connectivity index (χ4n) is 3.42. The van der Waals surface area contributed by atoms with E-state index in [9.17, 15) is 14.0 Å². The van der Waals surface area contributed by atoms with Gasteiger partial charge in [-0.05, 0) is 29.8 Å². The maximum absolute atomic E-state index is 14.1. The Morgan fingerprint density at radius 2 is 1.97 bits per heavy atom. The molecule has 0 saturated heterocycles. The molecule has 7 heteroatoms. The van der Waals surface area contributed by atoms with E-state index in [0.29, 0.717) is 17.8 Å². The number of amides is 1. The number of carbonyl (C=O) groups is 2. The molecule has 0 aliphatic heterocycles. The molecule has 32 heavy (non-hydrogen) atoms. The van der Waals surface area contributed by atoms with Crippen LogP contribution in [0.4, 0.5) is 4.39 Å². The number of hydrogen-bond acceptors (Lipinski definition) is 4. The predicted octanol–water partition coefficient (Wildman–Crippen LogP) is 3.97. The van der Waals surface area contributed by atoms with Crippen molar-refractivity contribution in [2.24, 2.45) is 0 Å². The highest BCUT2D eigenvalue weighted by Crippen LogP contribution is 2.25. The molecule has 1 unspecified atom stereocenters. The summed E-state index contributed by atoms with van der Waals surface area (Å²) >= 11 is 0. The van der Waals surface area contributed by atoms with E-state index in [2.05, 4.69) is 21.3 Å². The molecule has 1 amide bonds. The summed E-state index contributed by atoms with van der Waals surface area (Å²) in [5.74, 6) is 1.35. The summed E-state index contributed by atoms with van der Waals surface area (Å²) < 4.78 is 15.7. The minimum Gasteiger partial charge on any atom is -0.338 e. The SMILES string of the molecule is C#CC(NC(=O)CC)c1cccc(-c2ccnc3c(C(=O)c4ccccc4F)cnn23)c1. The van der Waals surface area contributed by atoms with Gasteiger partial charge in [0, 0.05) is 18.2 Å². The van der Waals surface area contributed by atoms with E-state index in [1.54, 1.807) is 25.3 Å². The molecular weight excluding hydrogens is 407 g/mol. The van der Waals surface area contributed by atoms with Crippen molar-refractivity contribution in [3.05, 3.63) is 89.5 Å². The zero-order chi connectivity index (χ0) is 22.7. The minimum absolute atomic E-state index is 0.0415. The van der Waals surface area contributed by atoms with Crippen LogP contribution in [0.15, 0.2) is 67.0 Å². The molecule has 0 radical (unpaired) electrons. The molecule has 2 heterocycles. The van der Waals surface area contributed by atoms with Crippen molar-refractivity contribution >= 4 is 17.3 Å². The molecule has 6 nitrogen and oxygen atoms in total. The Balaban J connectivity index is 1.76. The summed E-state index contributed by atoms with van der Waals surface area (Å²) in [6.45, 7) is 1.75. The lowest BCUT2D eigenvalue weighted by atomic mass is 10.0. The molecule has 0 spiro atoms. The minimum atomic E-state index is -0.602. The number of fused-ring (bicyclic) bond motifs is 1. The lowest BCUT2D eigenvalue weighted by Gasteiger charge is -2.14. The average molecular weight is 426 g/mol. The predicted molar refractivity (Wildman–Crippen MR) is 118 cm³/mol. The van der Waals surface area contributed by atoms with Gasteiger partial charge >= 0.3 is 0 Å². The van der Waals surface area contributed by atoms with Crippen LogP contribution in [0.5, 0.6) is 0 Å². The molecule has 2 aromatic carbocycles. The van der Waals surface area contributed by atoms with Gasteiger partial charge in [-0.2, -0.15) is 5.10 Å². The maximum Gasteiger partial charge on any atom is 0.220 e. The molecule has 0 fully saturated rings. The summed E-state index contributed by atoms with van der Waals surface area (Å²) in [7, 11) is 0. The molecular formula is C25H19FN4O2. The summed E-state index contributed by atoms with van der Waals surface area (Å²) in [6, 6.07) is 14.4. The highest BCUT2D eigenvalue weighted by molar-refractivity contribution is 6.12. The maximum atomic E-state index is 14.1. The van der Waals surface area contributed by atoms with Crippen LogP contribution in [0, 0.1) is 18.2 Å². The van der Waals surface area contributed by atoms with Crippen LogP contribution in [0.25, 0.3) is 16.9 Å². The number of hydrogen-bond donors (Lipinski definition) is 1. The van der Waals surface area contributed by atoms with Crippen LogP contribution >= 0.6 is 0 Å². The van der Waals surface area contributed by atoms with Crippen LogP contribution < -0.4 is 5.32 Å². The largest absolute Gasteiger partial charge is 0.338 e. The monoisotopic (exact) mass is 426 g/mol. The normalized spacial score (nSPS) is 11.7. The van der Waals surface area contributed by atoms with Crippen LogP contribution in [0.1, 0.15) is 40.9 Å². The third-order valence-electron chi connectivity index (χ3n) is 5.07. The summed E-state index contributed by atoms with van der Waals surface area (Å²) in [5.41, 5.74) is 2.65. The van der Waals surface area contributed by atoms with Gasteiger partial charge in [0.25, 0.3) is 0 Å². The molecule has 4 aromatic rings. The van der Waals surface area contributed by atoms with E-state index < -0.39 is 17.6 Å². The summed E-state index contributed by atoms with van der Waals surface area (Å²) in [4.78, 5) is 29.0. The Kier molecular flexibility index (Phi) is 5.77. The smallest absolute Gasteiger partial charge is 0.220 e. The number of aromatic nitrogens is 3. The number of ketones is 1. The van der Waals surface area contributed by atoms with Crippen LogP contribution in [-0.2, 0) is 4.79 Å². The molecule has 0 aliphatic carbocycles. The standard InChI is InChI=1S/C25H19FN4O2/c1-3-21(29-23(31)4-2)16-8-7-9-17(14-16)22-12-13-27-25-19(15-28-30(22)25)24(32)18-10-5-6-11-20(18)26/h1,5-15,21H,4H2,2H3,(H,29,31). The highest BCUT2D eigenvalue weighted by atomic mass is 19.1. The quantitative estimate of drug-likeness (QED) is 0.374. The molecule has 2 aromatic heterocycles. The third kappa shape index (κ3) is 3.86. The van der Waals surface area contributed by atoms with Crippen molar-refractivity contribution in [1.82, 2.24) is 19.9 Å². The van der Waals surface area contributed by atoms with Gasteiger partial charge in [-0.1, -0.05) is 43.2 Å². The zero-order valence-corrected chi connectivity index (χ0v) is 17.2. The summed E-state index contributed by atoms with van der Waals surface area (Å²) in [6.07, 6.45) is 8.91. The van der Waals surface area contributed by atoms with Gasteiger partial charge in [-0.25, -0.2) is 13.9 Å². The van der Waals surface area contributed by atoms with Gasteiger partial charge in [0.15, 0.2) is 5.65 Å². The van der Waals surface area contributed by atoms with Crippen molar-refractivity contribution < 1.29 is 14.0 Å². The average Bonchev–Trinajstić information content (AvgIpc) is 3.26. The van der Waals surface area contributed by atoms with Crippen LogP contribution in [0.3, 0.4) is 0 Å². The topological polar surface area (TPSA) is 76.4 Å². The number of carbonyl (C=O) groups excluding carboxylic acids is 2. The first-order valence-electron chi connectivity index (χ1n) is 10.0. The molecule has 0 saturated carbocycles. The number of rotatable bonds is 6. The Labute approximate surface area is 184 Å². The number of terminal acetylenes is 1. The first kappa shape index (κ1) is 20.9. The van der Waals surface area contributed by atoms with E-state index in [-0.39, 0.29) is 17.0 Å². The van der Waals surface area contributed by atoms with Gasteiger partial charge in [-0.3, -0.25) is 9.59 Å². The molecule has 0 aliphatic rings. The van der Waals surface area contributed by atoms with Gasteiger partial charge in [0.05, 0.1) is 23.0 Å². The van der Waals surface area contributed by atoms with E-state index in [1.165, 1.54) is 28.9 Å². The first-order valence-corrected chi connectivity index (χ1v) is 10.0. The molecule has 1 atom stereocenters. The van der Waals surface area contributed by atoms with E-state index in [0.717, 1.165) is 11.1 Å². The Morgan fingerprint density at radius 3 is 2.72 bits per heavy atom. The lowest BCUT2D eigenvalue weighted by Crippen LogP contribution is -2.26. The van der Waals surface area contributed by atoms with Gasteiger partial charge in [0.2, 0.25) is 11.7 Å². The van der Waals surface area contributed by atoms with Crippen molar-refractivity contribution in [1.29, 1.82) is 0 Å². The second kappa shape index (κ2) is 8.82. The number of benzene rings is 2. The van der Waals surface area contributed by atoms with Gasteiger partial charge < -0.3 is 5.32 Å². The highest BCUT2D eigenvalue weighted by Gasteiger charge is 2.20. The van der Waals surface area contributed by atoms with Crippen LogP contribution in [0.2, 0.25) is 0 Å². The second-order valence-electron chi connectivity index (χ2n) is 7.08. The van der Waals surface area contributed by atoms with E-state index >= 15 is 0 Å². The molecule has 158 valence electrons. The van der Waals surface area contributed by atoms with Crippen LogP contribution in [-0.4, -0.2) is 26.3 Å². The van der Waals surface area contributed by atoms with E-state index in [4.69, 9.17) is 6.42 Å². The first-order chi connectivity index (χ1) is 15.5. The molecule has 0 bridgehead atoms. The van der Waals surface area contributed by atoms with Crippen molar-refractivity contribution in [3.8, 4) is 23.6 Å². The Hall–Kier alpha value is -4.31. The molecule has 4 rings (SSSR count). The van der Waals surface area contributed by atoms with Crippen molar-refractivity contribution in [2.45, 2.75) is 19.4 Å². The fourth-order valence-corrected chi connectivity index (χ4v) is 3.42. The van der Waals surface area contributed by atoms with Gasteiger partial charge in [-0.15, -0.1) is 6.42 Å². The Morgan fingerprint density at radius 1 is 1.16 bits per heavy atom. The van der Waals surface area contributed by atoms with E-state index in [1.807, 2.05) is 24.3 Å².